The first kappa shape index (κ1) is 42.4. The predicted octanol–water partition coefficient (Wildman–Crippen LogP) is 19.9. The van der Waals surface area contributed by atoms with E-state index in [0.717, 1.165) is 0 Å². The fourth-order valence-corrected chi connectivity index (χ4v) is 13.8. The third-order valence-electron chi connectivity index (χ3n) is 17.8. The van der Waals surface area contributed by atoms with E-state index >= 15 is 0 Å². The third kappa shape index (κ3) is 5.96. The summed E-state index contributed by atoms with van der Waals surface area (Å²) >= 11 is 0. The van der Waals surface area contributed by atoms with Gasteiger partial charge in [-0.25, -0.2) is 0 Å². The van der Waals surface area contributed by atoms with Crippen LogP contribution in [0.15, 0.2) is 218 Å². The molecule has 0 N–H and O–H groups in total. The van der Waals surface area contributed by atoms with Gasteiger partial charge in [-0.2, -0.15) is 0 Å². The molecule has 0 saturated heterocycles. The maximum atomic E-state index is 2.60. The molecule has 0 saturated carbocycles. The average molecular weight is 931 g/mol. The van der Waals surface area contributed by atoms with Crippen LogP contribution in [0.5, 0.6) is 0 Å². The second-order valence-electron chi connectivity index (χ2n) is 22.8. The summed E-state index contributed by atoms with van der Waals surface area (Å²) < 4.78 is 0. The summed E-state index contributed by atoms with van der Waals surface area (Å²) in [6.45, 7) is 14.8. The van der Waals surface area contributed by atoms with E-state index < -0.39 is 0 Å². The molecule has 3 aliphatic carbocycles. The van der Waals surface area contributed by atoms with E-state index in [1.807, 2.05) is 0 Å². The molecular formula is C73H54. The van der Waals surface area contributed by atoms with Crippen molar-refractivity contribution in [3.05, 3.63) is 252 Å². The first-order chi connectivity index (χ1) is 35.4. The maximum absolute atomic E-state index is 2.60. The Morgan fingerprint density at radius 1 is 0.205 bits per heavy atom. The molecule has 0 atom stereocenters. The SMILES string of the molecule is CC1(C)c2cc3c(cc2-c2cc4c(cc21)-c1c(cc(-c2cccc(-c5ccc6ccccc6c5)c2)c2ccccc12)C4(C)C)C(C)(C)c1cc(-c2cccc(-c4ccc5ccccc5c4)c2)c2ccccc2c1-3. The van der Waals surface area contributed by atoms with Crippen molar-refractivity contribution in [3.8, 4) is 77.9 Å². The molecule has 346 valence electrons. The van der Waals surface area contributed by atoms with Crippen molar-refractivity contribution in [1.29, 1.82) is 0 Å². The number of hydrogen-bond acceptors (Lipinski definition) is 0. The van der Waals surface area contributed by atoms with Crippen LogP contribution in [0.3, 0.4) is 0 Å². The lowest BCUT2D eigenvalue weighted by Gasteiger charge is -2.25. The quantitative estimate of drug-likeness (QED) is 0.165. The number of hydrogen-bond donors (Lipinski definition) is 0. The second-order valence-corrected chi connectivity index (χ2v) is 22.8. The highest BCUT2D eigenvalue weighted by atomic mass is 14.5. The highest BCUT2D eigenvalue weighted by Gasteiger charge is 2.45. The largest absolute Gasteiger partial charge is 0.0616 e. The van der Waals surface area contributed by atoms with Crippen molar-refractivity contribution in [3.63, 3.8) is 0 Å². The lowest BCUT2D eigenvalue weighted by molar-refractivity contribution is 0.649. The minimum Gasteiger partial charge on any atom is -0.0616 e. The number of fused-ring (bicyclic) bond motifs is 15. The zero-order valence-electron chi connectivity index (χ0n) is 42.3. The monoisotopic (exact) mass is 930 g/mol. The minimum absolute atomic E-state index is 0.202. The van der Waals surface area contributed by atoms with Gasteiger partial charge >= 0.3 is 0 Å². The summed E-state index contributed by atoms with van der Waals surface area (Å²) in [6, 6.07) is 83.1. The standard InChI is InChI=1S/C73H54/c1-71(2)63-41-61-65(72(3,4)67-37-57(53-25-11-13-27-55(53)69(61)67)51-23-15-21-47(35-51)49-31-29-43-17-7-9-19-45(43)33-49)39-59(63)60-40-66-62(42-64(60)71)70-56-28-14-12-26-54(56)58(38-68(70)73(66,5)6)52-24-16-22-48(36-52)50-32-30-44-18-8-10-20-46(44)34-50/h7-42H,1-6H3. The Bertz CT molecular complexity index is 4120. The van der Waals surface area contributed by atoms with Crippen molar-refractivity contribution in [2.45, 2.75) is 57.8 Å². The van der Waals surface area contributed by atoms with Gasteiger partial charge in [-0.3, -0.25) is 0 Å². The van der Waals surface area contributed by atoms with Crippen LogP contribution in [0.4, 0.5) is 0 Å². The maximum Gasteiger partial charge on any atom is 0.0159 e. The van der Waals surface area contributed by atoms with Crippen LogP contribution < -0.4 is 0 Å². The third-order valence-corrected chi connectivity index (χ3v) is 17.8. The molecule has 12 aromatic rings. The van der Waals surface area contributed by atoms with Gasteiger partial charge in [-0.1, -0.05) is 199 Å². The van der Waals surface area contributed by atoms with Crippen molar-refractivity contribution in [2.24, 2.45) is 0 Å². The van der Waals surface area contributed by atoms with Crippen LogP contribution in [-0.4, -0.2) is 0 Å². The van der Waals surface area contributed by atoms with Crippen LogP contribution in [-0.2, 0) is 16.2 Å². The van der Waals surface area contributed by atoms with Gasteiger partial charge in [-0.15, -0.1) is 0 Å². The Kier molecular flexibility index (Phi) is 8.63. The molecule has 0 fully saturated rings. The van der Waals surface area contributed by atoms with E-state index in [9.17, 15) is 0 Å². The molecule has 0 aliphatic heterocycles. The van der Waals surface area contributed by atoms with E-state index in [1.54, 1.807) is 0 Å². The molecule has 3 aliphatic rings. The number of benzene rings is 12. The van der Waals surface area contributed by atoms with Crippen LogP contribution in [0, 0.1) is 0 Å². The normalized spacial score (nSPS) is 15.0. The Labute approximate surface area is 428 Å². The Morgan fingerprint density at radius 2 is 0.521 bits per heavy atom. The summed E-state index contributed by atoms with van der Waals surface area (Å²) in [5.74, 6) is 0. The van der Waals surface area contributed by atoms with E-state index in [-0.39, 0.29) is 16.2 Å². The van der Waals surface area contributed by atoms with Gasteiger partial charge in [-0.05, 0) is 215 Å². The Hall–Kier alpha value is -8.32. The van der Waals surface area contributed by atoms with Crippen LogP contribution in [0.2, 0.25) is 0 Å². The fraction of sp³-hybridized carbons (Fsp3) is 0.123. The summed E-state index contributed by atoms with van der Waals surface area (Å²) in [7, 11) is 0. The van der Waals surface area contributed by atoms with Gasteiger partial charge in [0.2, 0.25) is 0 Å². The Morgan fingerprint density at radius 3 is 0.959 bits per heavy atom. The van der Waals surface area contributed by atoms with Gasteiger partial charge in [0, 0.05) is 16.2 Å². The highest BCUT2D eigenvalue weighted by Crippen LogP contribution is 2.61. The van der Waals surface area contributed by atoms with Crippen LogP contribution in [0.1, 0.15) is 74.9 Å². The molecule has 0 heterocycles. The van der Waals surface area contributed by atoms with Crippen molar-refractivity contribution in [1.82, 2.24) is 0 Å². The molecule has 0 heteroatoms. The first-order valence-electron chi connectivity index (χ1n) is 26.1. The van der Waals surface area contributed by atoms with Gasteiger partial charge in [0.15, 0.2) is 0 Å². The zero-order valence-corrected chi connectivity index (χ0v) is 42.3. The molecular weight excluding hydrogens is 877 g/mol. The summed E-state index contributed by atoms with van der Waals surface area (Å²) in [5.41, 5.74) is 26.2. The minimum atomic E-state index is -0.214. The molecule has 0 nitrogen and oxygen atoms in total. The van der Waals surface area contributed by atoms with Crippen LogP contribution in [0.25, 0.3) is 121 Å². The van der Waals surface area contributed by atoms with Crippen LogP contribution >= 0.6 is 0 Å². The van der Waals surface area contributed by atoms with Gasteiger partial charge in [0.05, 0.1) is 0 Å². The summed E-state index contributed by atoms with van der Waals surface area (Å²) in [5, 5.41) is 10.3. The number of rotatable bonds is 4. The molecule has 0 bridgehead atoms. The summed E-state index contributed by atoms with van der Waals surface area (Å²) in [4.78, 5) is 0. The predicted molar refractivity (Wildman–Crippen MR) is 311 cm³/mol. The van der Waals surface area contributed by atoms with E-state index in [4.69, 9.17) is 0 Å². The first-order valence-corrected chi connectivity index (χ1v) is 26.1. The second kappa shape index (κ2) is 14.9. The van der Waals surface area contributed by atoms with Gasteiger partial charge in [0.1, 0.15) is 0 Å². The lowest BCUT2D eigenvalue weighted by atomic mass is 9.78. The Balaban J connectivity index is 0.851. The van der Waals surface area contributed by atoms with Crippen molar-refractivity contribution >= 4 is 43.1 Å². The van der Waals surface area contributed by atoms with Gasteiger partial charge in [0.25, 0.3) is 0 Å². The molecule has 73 heavy (non-hydrogen) atoms. The molecule has 0 unspecified atom stereocenters. The molecule has 0 spiro atoms. The lowest BCUT2D eigenvalue weighted by Crippen LogP contribution is -2.17. The zero-order chi connectivity index (χ0) is 49.1. The van der Waals surface area contributed by atoms with E-state index in [1.165, 1.54) is 154 Å². The fourth-order valence-electron chi connectivity index (χ4n) is 13.8. The molecule has 0 radical (unpaired) electrons. The summed E-state index contributed by atoms with van der Waals surface area (Å²) in [6.07, 6.45) is 0. The molecule has 12 aromatic carbocycles. The molecule has 0 amide bonds. The topological polar surface area (TPSA) is 0 Å². The average Bonchev–Trinajstić information content (AvgIpc) is 3.89. The van der Waals surface area contributed by atoms with E-state index in [2.05, 4.69) is 260 Å². The van der Waals surface area contributed by atoms with Crippen molar-refractivity contribution < 1.29 is 0 Å². The van der Waals surface area contributed by atoms with Crippen molar-refractivity contribution in [2.75, 3.05) is 0 Å². The highest BCUT2D eigenvalue weighted by molar-refractivity contribution is 6.12. The van der Waals surface area contributed by atoms with Gasteiger partial charge < -0.3 is 0 Å². The van der Waals surface area contributed by atoms with E-state index in [0.29, 0.717) is 0 Å². The molecule has 15 rings (SSSR count). The molecule has 0 aromatic heterocycles. The smallest absolute Gasteiger partial charge is 0.0159 e.